The van der Waals surface area contributed by atoms with E-state index >= 15 is 0 Å². The maximum absolute atomic E-state index is 4.89. The van der Waals surface area contributed by atoms with E-state index in [0.717, 1.165) is 49.8 Å². The number of aromatic nitrogens is 5. The van der Waals surface area contributed by atoms with E-state index in [2.05, 4.69) is 39.2 Å². The van der Waals surface area contributed by atoms with Crippen molar-refractivity contribution in [3.8, 4) is 0 Å². The molecule has 2 aliphatic heterocycles. The summed E-state index contributed by atoms with van der Waals surface area (Å²) < 4.78 is 1.82. The highest BCUT2D eigenvalue weighted by Crippen LogP contribution is 2.40. The Balaban J connectivity index is 1.73. The van der Waals surface area contributed by atoms with Gasteiger partial charge in [0.2, 0.25) is 0 Å². The molecule has 5 rings (SSSR count). The topological polar surface area (TPSA) is 62.5 Å². The molecule has 2 aliphatic rings. The lowest BCUT2D eigenvalue weighted by Crippen LogP contribution is -2.35. The van der Waals surface area contributed by atoms with Crippen LogP contribution in [0.2, 0.25) is 0 Å². The van der Waals surface area contributed by atoms with Gasteiger partial charge in [0.25, 0.3) is 5.78 Å². The molecule has 0 unspecified atom stereocenters. The van der Waals surface area contributed by atoms with Gasteiger partial charge in [-0.3, -0.25) is 4.90 Å². The molecule has 25 heavy (non-hydrogen) atoms. The Morgan fingerprint density at radius 2 is 2.20 bits per heavy atom. The molecule has 132 valence electrons. The first kappa shape index (κ1) is 15.5. The van der Waals surface area contributed by atoms with Crippen LogP contribution in [0, 0.1) is 5.92 Å². The maximum atomic E-state index is 4.89. The molecular weight excluding hydrogens is 334 g/mol. The third-order valence-electron chi connectivity index (χ3n) is 5.60. The van der Waals surface area contributed by atoms with E-state index < -0.39 is 0 Å². The van der Waals surface area contributed by atoms with Crippen LogP contribution in [0.15, 0.2) is 0 Å². The number of piperidine rings is 1. The number of anilines is 1. The third-order valence-corrected chi connectivity index (χ3v) is 6.79. The molecule has 3 aromatic heterocycles. The number of nitrogens with zero attached hydrogens (tertiary/aromatic N) is 7. The third kappa shape index (κ3) is 2.42. The molecule has 8 heteroatoms. The maximum Gasteiger partial charge on any atom is 0.276 e. The zero-order valence-electron chi connectivity index (χ0n) is 14.8. The molecule has 3 aromatic rings. The van der Waals surface area contributed by atoms with Crippen LogP contribution < -0.4 is 4.90 Å². The molecule has 0 saturated carbocycles. The minimum atomic E-state index is 0.617. The van der Waals surface area contributed by atoms with Gasteiger partial charge in [-0.2, -0.15) is 9.50 Å². The highest BCUT2D eigenvalue weighted by atomic mass is 32.1. The van der Waals surface area contributed by atoms with Crippen molar-refractivity contribution in [2.24, 2.45) is 5.92 Å². The highest BCUT2D eigenvalue weighted by molar-refractivity contribution is 7.19. The van der Waals surface area contributed by atoms with Gasteiger partial charge >= 0.3 is 0 Å². The van der Waals surface area contributed by atoms with Crippen LogP contribution in [0.1, 0.15) is 37.1 Å². The van der Waals surface area contributed by atoms with Gasteiger partial charge in [0, 0.05) is 31.1 Å². The number of hydrogen-bond donors (Lipinski definition) is 0. The number of fused-ring (bicyclic) bond motifs is 5. The quantitative estimate of drug-likeness (QED) is 0.702. The molecule has 0 spiro atoms. The van der Waals surface area contributed by atoms with Crippen LogP contribution in [-0.4, -0.2) is 56.1 Å². The normalized spacial score (nSPS) is 22.0. The molecule has 7 nitrogen and oxygen atoms in total. The molecular formula is C17H23N7S. The van der Waals surface area contributed by atoms with Crippen molar-refractivity contribution in [1.82, 2.24) is 29.9 Å². The first-order valence-electron chi connectivity index (χ1n) is 9.24. The zero-order valence-corrected chi connectivity index (χ0v) is 15.6. The van der Waals surface area contributed by atoms with Gasteiger partial charge in [-0.15, -0.1) is 11.3 Å². The summed E-state index contributed by atoms with van der Waals surface area (Å²) in [7, 11) is 0. The average Bonchev–Trinajstić information content (AvgIpc) is 3.24. The minimum absolute atomic E-state index is 0.617. The summed E-state index contributed by atoms with van der Waals surface area (Å²) in [5.74, 6) is 2.43. The molecule has 5 heterocycles. The molecule has 0 radical (unpaired) electrons. The van der Waals surface area contributed by atoms with E-state index in [1.54, 1.807) is 0 Å². The van der Waals surface area contributed by atoms with Gasteiger partial charge in [-0.25, -0.2) is 0 Å². The summed E-state index contributed by atoms with van der Waals surface area (Å²) in [6, 6.07) is 0. The minimum Gasteiger partial charge on any atom is -0.356 e. The van der Waals surface area contributed by atoms with E-state index in [1.807, 2.05) is 15.9 Å². The lowest BCUT2D eigenvalue weighted by molar-refractivity contribution is 0.272. The molecule has 0 aliphatic carbocycles. The molecule has 0 N–H and O–H groups in total. The molecule has 0 aromatic carbocycles. The number of rotatable bonds is 2. The first-order valence-corrected chi connectivity index (χ1v) is 10.1. The van der Waals surface area contributed by atoms with Crippen LogP contribution >= 0.6 is 11.3 Å². The SMILES string of the molecule is CCN1CCc2c(sc3c2c(N2CCC[C@@H](C)C2)nc2nnnn23)C1. The predicted molar refractivity (Wildman–Crippen MR) is 99.2 cm³/mol. The standard InChI is InChI=1S/C17H23N7S/c1-3-22-8-6-12-13(10-22)25-16-14(12)15(18-17-19-20-21-24(16)17)23-7-4-5-11(2)9-23/h11H,3-10H2,1-2H3/t11-/m1/s1. The fraction of sp³-hybridized carbons (Fsp3) is 0.647. The lowest BCUT2D eigenvalue weighted by atomic mass is 9.99. The van der Waals surface area contributed by atoms with Gasteiger partial charge in [-0.05, 0) is 47.7 Å². The van der Waals surface area contributed by atoms with E-state index in [-0.39, 0.29) is 0 Å². The largest absolute Gasteiger partial charge is 0.356 e. The van der Waals surface area contributed by atoms with Crippen molar-refractivity contribution in [2.75, 3.05) is 31.1 Å². The van der Waals surface area contributed by atoms with Crippen LogP contribution in [0.5, 0.6) is 0 Å². The van der Waals surface area contributed by atoms with Crippen molar-refractivity contribution < 1.29 is 0 Å². The van der Waals surface area contributed by atoms with Crippen LogP contribution in [0.25, 0.3) is 16.0 Å². The van der Waals surface area contributed by atoms with Gasteiger partial charge in [0.15, 0.2) is 0 Å². The van der Waals surface area contributed by atoms with E-state index in [4.69, 9.17) is 4.98 Å². The number of likely N-dealkylation sites (N-methyl/N-ethyl adjacent to an activating group) is 1. The fourth-order valence-corrected chi connectivity index (χ4v) is 5.57. The second-order valence-electron chi connectivity index (χ2n) is 7.32. The summed E-state index contributed by atoms with van der Waals surface area (Å²) in [6.45, 7) is 9.98. The Hall–Kier alpha value is -1.80. The molecule has 0 bridgehead atoms. The van der Waals surface area contributed by atoms with Crippen LogP contribution in [0.3, 0.4) is 0 Å². The van der Waals surface area contributed by atoms with Crippen LogP contribution in [0.4, 0.5) is 5.82 Å². The monoisotopic (exact) mass is 357 g/mol. The smallest absolute Gasteiger partial charge is 0.276 e. The number of tetrazole rings is 1. The van der Waals surface area contributed by atoms with Crippen molar-refractivity contribution in [2.45, 2.75) is 39.7 Å². The summed E-state index contributed by atoms with van der Waals surface area (Å²) in [5, 5.41) is 13.5. The van der Waals surface area contributed by atoms with Gasteiger partial charge in [0.1, 0.15) is 10.6 Å². The van der Waals surface area contributed by atoms with Crippen molar-refractivity contribution in [3.63, 3.8) is 0 Å². The van der Waals surface area contributed by atoms with Crippen LogP contribution in [-0.2, 0) is 13.0 Å². The first-order chi connectivity index (χ1) is 12.2. The molecule has 1 fully saturated rings. The summed E-state index contributed by atoms with van der Waals surface area (Å²) in [4.78, 5) is 12.5. The number of thiophene rings is 1. The van der Waals surface area contributed by atoms with E-state index in [1.165, 1.54) is 28.7 Å². The predicted octanol–water partition coefficient (Wildman–Crippen LogP) is 2.35. The fourth-order valence-electron chi connectivity index (χ4n) is 4.24. The Kier molecular flexibility index (Phi) is 3.63. The van der Waals surface area contributed by atoms with E-state index in [0.29, 0.717) is 11.7 Å². The van der Waals surface area contributed by atoms with Gasteiger partial charge in [0.05, 0.1) is 5.39 Å². The lowest BCUT2D eigenvalue weighted by Gasteiger charge is -2.32. The second kappa shape index (κ2) is 5.88. The summed E-state index contributed by atoms with van der Waals surface area (Å²) in [6.07, 6.45) is 3.63. The summed E-state index contributed by atoms with van der Waals surface area (Å²) in [5.41, 5.74) is 1.47. The van der Waals surface area contributed by atoms with Crippen molar-refractivity contribution in [3.05, 3.63) is 10.4 Å². The molecule has 0 amide bonds. The van der Waals surface area contributed by atoms with Gasteiger partial charge < -0.3 is 4.90 Å². The molecule has 1 atom stereocenters. The second-order valence-corrected chi connectivity index (χ2v) is 8.41. The van der Waals surface area contributed by atoms with E-state index in [9.17, 15) is 0 Å². The molecule has 1 saturated heterocycles. The average molecular weight is 357 g/mol. The Labute approximate surface area is 150 Å². The van der Waals surface area contributed by atoms with Crippen molar-refractivity contribution >= 4 is 33.1 Å². The van der Waals surface area contributed by atoms with Crippen molar-refractivity contribution in [1.29, 1.82) is 0 Å². The zero-order chi connectivity index (χ0) is 17.0. The summed E-state index contributed by atoms with van der Waals surface area (Å²) >= 11 is 1.84. The Morgan fingerprint density at radius 3 is 3.04 bits per heavy atom. The highest BCUT2D eigenvalue weighted by Gasteiger charge is 2.28. The van der Waals surface area contributed by atoms with Gasteiger partial charge in [-0.1, -0.05) is 18.9 Å². The Bertz CT molecular complexity index is 930. The Morgan fingerprint density at radius 1 is 1.28 bits per heavy atom. The number of hydrogen-bond acceptors (Lipinski definition) is 7.